The molecule has 1 aromatic heterocycles. The number of halogens is 1. The second-order valence-corrected chi connectivity index (χ2v) is 11.3. The zero-order valence-corrected chi connectivity index (χ0v) is 28.7. The summed E-state index contributed by atoms with van der Waals surface area (Å²) in [5, 5.41) is 13.8. The number of ketones is 1. The number of nitrogens with zero attached hydrogens (tertiary/aromatic N) is 1. The molecular formula is C37H45FIrNO2-. The van der Waals surface area contributed by atoms with Gasteiger partial charge in [-0.2, -0.15) is 0 Å². The van der Waals surface area contributed by atoms with Crippen LogP contribution in [0.2, 0.25) is 0 Å². The van der Waals surface area contributed by atoms with E-state index in [1.165, 1.54) is 17.2 Å². The maximum atomic E-state index is 14.1. The second-order valence-electron chi connectivity index (χ2n) is 11.3. The monoisotopic (exact) mass is 747 g/mol. The van der Waals surface area contributed by atoms with Crippen molar-refractivity contribution in [1.82, 2.24) is 4.98 Å². The van der Waals surface area contributed by atoms with Crippen LogP contribution in [0, 0.1) is 37.6 Å². The molecule has 0 unspecified atom stereocenters. The van der Waals surface area contributed by atoms with Gasteiger partial charge in [0.15, 0.2) is 5.78 Å². The number of benzene rings is 3. The van der Waals surface area contributed by atoms with Crippen molar-refractivity contribution in [2.75, 3.05) is 0 Å². The van der Waals surface area contributed by atoms with Crippen molar-refractivity contribution in [1.29, 1.82) is 0 Å². The standard InChI is InChI=1S/C24H21FN.C13H24O2.Ir/c1-14(2)21-12-17-7-8-26-24(18-10-15(3)9-16(4)11-18)23(17)22-13-19(25)5-6-20(21)22;1-5-10(6-2)12(14)9-13(15)11(7-3)8-4;/h5-10,12-14H,1-4H3;9-11,14H,5-8H2,1-4H3;/q-1;;. The number of carbonyl (C=O) groups excluding carboxylic acids is 1. The summed E-state index contributed by atoms with van der Waals surface area (Å²) in [5.74, 6) is 0.682. The molecule has 0 bridgehead atoms. The smallest absolute Gasteiger partial charge is 0.162 e. The van der Waals surface area contributed by atoms with Crippen LogP contribution in [0.5, 0.6) is 0 Å². The van der Waals surface area contributed by atoms with Crippen LogP contribution < -0.4 is 0 Å². The third kappa shape index (κ3) is 8.36. The number of aliphatic hydroxyl groups is 1. The number of aryl methyl sites for hydroxylation is 2. The summed E-state index contributed by atoms with van der Waals surface area (Å²) in [5.41, 5.74) is 5.29. The van der Waals surface area contributed by atoms with E-state index >= 15 is 0 Å². The number of pyridine rings is 1. The largest absolute Gasteiger partial charge is 0.512 e. The molecule has 1 heterocycles. The molecule has 1 radical (unpaired) electrons. The summed E-state index contributed by atoms with van der Waals surface area (Å²) in [7, 11) is 0. The van der Waals surface area contributed by atoms with Gasteiger partial charge in [-0.25, -0.2) is 4.39 Å². The Hall–Kier alpha value is -2.88. The van der Waals surface area contributed by atoms with Crippen LogP contribution in [0.1, 0.15) is 89.8 Å². The molecule has 0 spiro atoms. The summed E-state index contributed by atoms with van der Waals surface area (Å²) in [6.45, 7) is 16.5. The van der Waals surface area contributed by atoms with Crippen LogP contribution in [0.3, 0.4) is 0 Å². The molecular weight excluding hydrogens is 702 g/mol. The quantitative estimate of drug-likeness (QED) is 0.0803. The van der Waals surface area contributed by atoms with E-state index in [1.54, 1.807) is 12.1 Å². The van der Waals surface area contributed by atoms with Crippen LogP contribution in [-0.2, 0) is 24.9 Å². The molecule has 4 rings (SSSR count). The summed E-state index contributed by atoms with van der Waals surface area (Å²) >= 11 is 0. The van der Waals surface area contributed by atoms with E-state index in [0.717, 1.165) is 64.0 Å². The molecule has 42 heavy (non-hydrogen) atoms. The van der Waals surface area contributed by atoms with Gasteiger partial charge in [0.1, 0.15) is 5.82 Å². The molecule has 1 N–H and O–H groups in total. The first-order chi connectivity index (χ1) is 19.5. The molecule has 0 amide bonds. The van der Waals surface area contributed by atoms with E-state index in [4.69, 9.17) is 0 Å². The average molecular weight is 747 g/mol. The normalized spacial score (nSPS) is 11.7. The minimum absolute atomic E-state index is 0. The van der Waals surface area contributed by atoms with Gasteiger partial charge in [-0.1, -0.05) is 67.5 Å². The number of aromatic nitrogens is 1. The van der Waals surface area contributed by atoms with Crippen molar-refractivity contribution in [3.63, 3.8) is 0 Å². The maximum Gasteiger partial charge on any atom is 0.162 e. The van der Waals surface area contributed by atoms with Crippen molar-refractivity contribution in [3.05, 3.63) is 89.1 Å². The molecule has 5 heteroatoms. The zero-order chi connectivity index (χ0) is 30.3. The Labute approximate surface area is 265 Å². The third-order valence-electron chi connectivity index (χ3n) is 7.96. The van der Waals surface area contributed by atoms with E-state index in [1.807, 2.05) is 52.9 Å². The fourth-order valence-corrected chi connectivity index (χ4v) is 5.58. The van der Waals surface area contributed by atoms with E-state index in [0.29, 0.717) is 5.92 Å². The molecule has 0 saturated heterocycles. The van der Waals surface area contributed by atoms with E-state index in [-0.39, 0.29) is 49.3 Å². The molecule has 0 atom stereocenters. The van der Waals surface area contributed by atoms with Gasteiger partial charge >= 0.3 is 0 Å². The first kappa shape index (κ1) is 35.3. The van der Waals surface area contributed by atoms with E-state index in [9.17, 15) is 14.3 Å². The van der Waals surface area contributed by atoms with Gasteiger partial charge in [-0.3, -0.25) is 4.79 Å². The first-order valence-corrected chi connectivity index (χ1v) is 15.0. The fourth-order valence-electron chi connectivity index (χ4n) is 5.58. The van der Waals surface area contributed by atoms with Crippen LogP contribution in [0.4, 0.5) is 4.39 Å². The number of aliphatic hydroxyl groups excluding tert-OH is 1. The number of carbonyl (C=O) groups is 1. The topological polar surface area (TPSA) is 50.2 Å². The molecule has 0 aliphatic carbocycles. The Kier molecular flexibility index (Phi) is 13.5. The van der Waals surface area contributed by atoms with Gasteiger partial charge in [0, 0.05) is 44.2 Å². The summed E-state index contributed by atoms with van der Waals surface area (Å²) in [4.78, 5) is 16.4. The van der Waals surface area contributed by atoms with Crippen LogP contribution >= 0.6 is 0 Å². The van der Waals surface area contributed by atoms with Crippen LogP contribution in [0.25, 0.3) is 32.8 Å². The molecule has 0 aliphatic heterocycles. The number of hydrogen-bond acceptors (Lipinski definition) is 3. The minimum Gasteiger partial charge on any atom is -0.512 e. The third-order valence-corrected chi connectivity index (χ3v) is 7.96. The van der Waals surface area contributed by atoms with Gasteiger partial charge in [0.2, 0.25) is 0 Å². The maximum absolute atomic E-state index is 14.1. The molecule has 0 aliphatic rings. The van der Waals surface area contributed by atoms with Gasteiger partial charge in [-0.05, 0) is 82.6 Å². The molecule has 0 fully saturated rings. The number of hydrogen-bond donors (Lipinski definition) is 1. The number of fused-ring (bicyclic) bond motifs is 3. The van der Waals surface area contributed by atoms with E-state index < -0.39 is 0 Å². The first-order valence-electron chi connectivity index (χ1n) is 15.0. The Morgan fingerprint density at radius 1 is 0.929 bits per heavy atom. The Balaban J connectivity index is 0.000000334. The number of rotatable bonds is 9. The van der Waals surface area contributed by atoms with Crippen molar-refractivity contribution in [3.8, 4) is 11.3 Å². The van der Waals surface area contributed by atoms with Crippen molar-refractivity contribution < 1.29 is 34.4 Å². The van der Waals surface area contributed by atoms with Gasteiger partial charge in [0.05, 0.1) is 5.76 Å². The molecule has 3 aromatic carbocycles. The van der Waals surface area contributed by atoms with Gasteiger partial charge < -0.3 is 10.1 Å². The van der Waals surface area contributed by atoms with Crippen molar-refractivity contribution in [2.24, 2.45) is 11.8 Å². The molecule has 3 nitrogen and oxygen atoms in total. The zero-order valence-electron chi connectivity index (χ0n) is 26.3. The summed E-state index contributed by atoms with van der Waals surface area (Å²) < 4.78 is 14.1. The average Bonchev–Trinajstić information content (AvgIpc) is 2.93. The Morgan fingerprint density at radius 2 is 1.57 bits per heavy atom. The Morgan fingerprint density at radius 3 is 2.14 bits per heavy atom. The van der Waals surface area contributed by atoms with Crippen LogP contribution in [0.15, 0.2) is 60.5 Å². The number of allylic oxidation sites excluding steroid dienone is 2. The predicted molar refractivity (Wildman–Crippen MR) is 171 cm³/mol. The summed E-state index contributed by atoms with van der Waals surface area (Å²) in [6, 6.07) is 16.9. The molecule has 227 valence electrons. The van der Waals surface area contributed by atoms with Crippen molar-refractivity contribution in [2.45, 2.75) is 87.0 Å². The van der Waals surface area contributed by atoms with Gasteiger partial charge in [0.25, 0.3) is 0 Å². The molecule has 4 aromatic rings. The predicted octanol–water partition coefficient (Wildman–Crippen LogP) is 10.6. The van der Waals surface area contributed by atoms with Gasteiger partial charge in [-0.15, -0.1) is 34.9 Å². The van der Waals surface area contributed by atoms with E-state index in [2.05, 4.69) is 50.0 Å². The second kappa shape index (κ2) is 16.1. The SMILES string of the molecule is CCC(CC)C(=O)C=C(O)C(CC)CC.Cc1[c-]c(-c2nccc3cc(C(C)C)c4ccc(F)cc4c23)cc(C)c1.[Ir]. The minimum atomic E-state index is -0.223. The fraction of sp³-hybridized carbons (Fsp3) is 0.405. The van der Waals surface area contributed by atoms with Crippen molar-refractivity contribution >= 4 is 27.3 Å². The Bertz CT molecular complexity index is 1510. The molecule has 0 saturated carbocycles. The van der Waals surface area contributed by atoms with Crippen LogP contribution in [-0.4, -0.2) is 15.9 Å². The summed E-state index contributed by atoms with van der Waals surface area (Å²) in [6.07, 6.45) is 6.74.